The summed E-state index contributed by atoms with van der Waals surface area (Å²) in [5.41, 5.74) is 1.24. The van der Waals surface area contributed by atoms with Gasteiger partial charge in [0.05, 0.1) is 0 Å². The maximum Gasteiger partial charge on any atom is 0.135 e. The highest BCUT2D eigenvalue weighted by molar-refractivity contribution is 6.29. The van der Waals surface area contributed by atoms with Crippen molar-refractivity contribution < 1.29 is 0 Å². The molecule has 19 heavy (non-hydrogen) atoms. The van der Waals surface area contributed by atoms with Gasteiger partial charge in [0.25, 0.3) is 0 Å². The number of anilines is 1. The summed E-state index contributed by atoms with van der Waals surface area (Å²) >= 11 is 5.99. The predicted molar refractivity (Wildman–Crippen MR) is 77.6 cm³/mol. The number of nitrogens with one attached hydrogen (secondary N) is 1. The van der Waals surface area contributed by atoms with Gasteiger partial charge >= 0.3 is 0 Å². The summed E-state index contributed by atoms with van der Waals surface area (Å²) in [5.74, 6) is 1.80. The van der Waals surface area contributed by atoms with E-state index in [0.29, 0.717) is 5.15 Å². The summed E-state index contributed by atoms with van der Waals surface area (Å²) in [6, 6.07) is 5.77. The van der Waals surface area contributed by atoms with Gasteiger partial charge in [0, 0.05) is 30.9 Å². The van der Waals surface area contributed by atoms with Gasteiger partial charge in [-0.05, 0) is 24.1 Å². The molecule has 0 saturated heterocycles. The predicted octanol–water partition coefficient (Wildman–Crippen LogP) is 3.30. The average molecular weight is 277 g/mol. The first kappa shape index (κ1) is 13.7. The number of hydrogen-bond acceptors (Lipinski definition) is 4. The number of nitrogens with zero attached hydrogens (tertiary/aromatic N) is 3. The van der Waals surface area contributed by atoms with Crippen molar-refractivity contribution in [3.8, 4) is 0 Å². The molecule has 100 valence electrons. The first-order valence-corrected chi connectivity index (χ1v) is 6.70. The van der Waals surface area contributed by atoms with E-state index in [1.165, 1.54) is 5.56 Å². The van der Waals surface area contributed by atoms with E-state index in [4.69, 9.17) is 11.6 Å². The van der Waals surface area contributed by atoms with Gasteiger partial charge in [-0.3, -0.25) is 4.98 Å². The lowest BCUT2D eigenvalue weighted by Crippen LogP contribution is -2.08. The van der Waals surface area contributed by atoms with Gasteiger partial charge in [0.1, 0.15) is 16.8 Å². The first-order chi connectivity index (χ1) is 9.15. The van der Waals surface area contributed by atoms with Gasteiger partial charge in [-0.15, -0.1) is 0 Å². The Balaban J connectivity index is 1.96. The van der Waals surface area contributed by atoms with E-state index in [0.717, 1.165) is 24.6 Å². The minimum Gasteiger partial charge on any atom is -0.370 e. The van der Waals surface area contributed by atoms with Gasteiger partial charge in [-0.1, -0.05) is 25.4 Å². The van der Waals surface area contributed by atoms with Crippen molar-refractivity contribution in [2.24, 2.45) is 0 Å². The van der Waals surface area contributed by atoms with Gasteiger partial charge in [-0.2, -0.15) is 0 Å². The zero-order chi connectivity index (χ0) is 13.7. The smallest absolute Gasteiger partial charge is 0.135 e. The monoisotopic (exact) mass is 276 g/mol. The summed E-state index contributed by atoms with van der Waals surface area (Å²) < 4.78 is 0. The molecule has 2 rings (SSSR count). The zero-order valence-corrected chi connectivity index (χ0v) is 11.9. The van der Waals surface area contributed by atoms with Crippen LogP contribution in [0.15, 0.2) is 30.6 Å². The van der Waals surface area contributed by atoms with Crippen molar-refractivity contribution in [1.82, 2.24) is 15.0 Å². The summed E-state index contributed by atoms with van der Waals surface area (Å²) in [4.78, 5) is 12.6. The molecule has 0 unspecified atom stereocenters. The van der Waals surface area contributed by atoms with Crippen LogP contribution in [0, 0.1) is 0 Å². The summed E-state index contributed by atoms with van der Waals surface area (Å²) in [6.07, 6.45) is 4.52. The zero-order valence-electron chi connectivity index (χ0n) is 11.1. The Hall–Kier alpha value is -1.68. The second kappa shape index (κ2) is 6.48. The van der Waals surface area contributed by atoms with E-state index in [2.05, 4.69) is 20.3 Å². The largest absolute Gasteiger partial charge is 0.370 e. The van der Waals surface area contributed by atoms with E-state index in [-0.39, 0.29) is 5.92 Å². The fourth-order valence-corrected chi connectivity index (χ4v) is 1.86. The fraction of sp³-hybridized carbons (Fsp3) is 0.357. The number of rotatable bonds is 5. The Kier molecular flexibility index (Phi) is 4.68. The van der Waals surface area contributed by atoms with Crippen LogP contribution in [0.3, 0.4) is 0 Å². The lowest BCUT2D eigenvalue weighted by atomic mass is 10.2. The van der Waals surface area contributed by atoms with Crippen molar-refractivity contribution >= 4 is 17.4 Å². The maximum absolute atomic E-state index is 5.99. The average Bonchev–Trinajstić information content (AvgIpc) is 2.39. The highest BCUT2D eigenvalue weighted by Crippen LogP contribution is 2.16. The molecular formula is C14H17ClN4. The van der Waals surface area contributed by atoms with Crippen LogP contribution >= 0.6 is 11.6 Å². The van der Waals surface area contributed by atoms with Crippen LogP contribution in [0.25, 0.3) is 0 Å². The quantitative estimate of drug-likeness (QED) is 0.852. The van der Waals surface area contributed by atoms with Crippen LogP contribution in [0.4, 0.5) is 5.82 Å². The van der Waals surface area contributed by atoms with Gasteiger partial charge in [-0.25, -0.2) is 9.97 Å². The van der Waals surface area contributed by atoms with Crippen LogP contribution in [0.5, 0.6) is 0 Å². The Morgan fingerprint density at radius 2 is 1.95 bits per heavy atom. The van der Waals surface area contributed by atoms with E-state index in [1.54, 1.807) is 18.5 Å². The summed E-state index contributed by atoms with van der Waals surface area (Å²) in [6.45, 7) is 4.90. The highest BCUT2D eigenvalue weighted by Gasteiger charge is 2.06. The molecule has 5 heteroatoms. The molecule has 2 aromatic rings. The highest BCUT2D eigenvalue weighted by atomic mass is 35.5. The Morgan fingerprint density at radius 3 is 2.63 bits per heavy atom. The number of hydrogen-bond donors (Lipinski definition) is 1. The molecule has 2 aromatic heterocycles. The van der Waals surface area contributed by atoms with Gasteiger partial charge in [0.15, 0.2) is 0 Å². The molecule has 0 saturated carbocycles. The Morgan fingerprint density at radius 1 is 1.21 bits per heavy atom. The minimum absolute atomic E-state index is 0.263. The van der Waals surface area contributed by atoms with Crippen LogP contribution in [0.2, 0.25) is 5.15 Å². The fourth-order valence-electron chi connectivity index (χ4n) is 1.67. The molecule has 4 nitrogen and oxygen atoms in total. The second-order valence-corrected chi connectivity index (χ2v) is 5.01. The van der Waals surface area contributed by atoms with E-state index in [9.17, 15) is 0 Å². The van der Waals surface area contributed by atoms with E-state index in [1.807, 2.05) is 26.0 Å². The molecule has 0 aliphatic carbocycles. The maximum atomic E-state index is 5.99. The molecule has 2 heterocycles. The molecule has 1 N–H and O–H groups in total. The van der Waals surface area contributed by atoms with Crippen molar-refractivity contribution in [2.45, 2.75) is 26.2 Å². The van der Waals surface area contributed by atoms with Crippen LogP contribution in [0.1, 0.15) is 31.2 Å². The third kappa shape index (κ3) is 4.17. The molecule has 0 radical (unpaired) electrons. The molecule has 0 aromatic carbocycles. The lowest BCUT2D eigenvalue weighted by Gasteiger charge is -2.09. The van der Waals surface area contributed by atoms with Crippen molar-refractivity contribution in [2.75, 3.05) is 11.9 Å². The SMILES string of the molecule is CC(C)c1nc(Cl)cc(NCCc2ccncc2)n1. The van der Waals surface area contributed by atoms with Crippen LogP contribution < -0.4 is 5.32 Å². The third-order valence-electron chi connectivity index (χ3n) is 2.70. The topological polar surface area (TPSA) is 50.7 Å². The molecular weight excluding hydrogens is 260 g/mol. The van der Waals surface area contributed by atoms with Crippen LogP contribution in [-0.4, -0.2) is 21.5 Å². The molecule has 0 aliphatic rings. The number of halogens is 1. The molecule has 0 spiro atoms. The van der Waals surface area contributed by atoms with E-state index < -0.39 is 0 Å². The van der Waals surface area contributed by atoms with Crippen molar-refractivity contribution in [3.63, 3.8) is 0 Å². The Bertz CT molecular complexity index is 528. The molecule has 0 atom stereocenters. The van der Waals surface area contributed by atoms with Gasteiger partial charge < -0.3 is 5.32 Å². The number of pyridine rings is 1. The van der Waals surface area contributed by atoms with Gasteiger partial charge in [0.2, 0.25) is 0 Å². The minimum atomic E-state index is 0.263. The summed E-state index contributed by atoms with van der Waals surface area (Å²) in [5, 5.41) is 3.75. The molecule has 0 aliphatic heterocycles. The standard InChI is InChI=1S/C14H17ClN4/c1-10(2)14-18-12(15)9-13(19-14)17-8-5-11-3-6-16-7-4-11/h3-4,6-7,9-10H,5,8H2,1-2H3,(H,17,18,19). The molecule has 0 fully saturated rings. The lowest BCUT2D eigenvalue weighted by molar-refractivity contribution is 0.774. The molecule has 0 amide bonds. The van der Waals surface area contributed by atoms with Crippen molar-refractivity contribution in [3.05, 3.63) is 47.1 Å². The third-order valence-corrected chi connectivity index (χ3v) is 2.89. The second-order valence-electron chi connectivity index (χ2n) is 4.62. The van der Waals surface area contributed by atoms with Crippen LogP contribution in [-0.2, 0) is 6.42 Å². The normalized spacial score (nSPS) is 10.7. The Labute approximate surface area is 118 Å². The first-order valence-electron chi connectivity index (χ1n) is 6.32. The van der Waals surface area contributed by atoms with Crippen molar-refractivity contribution in [1.29, 1.82) is 0 Å². The number of aromatic nitrogens is 3. The molecule has 0 bridgehead atoms. The van der Waals surface area contributed by atoms with E-state index >= 15 is 0 Å². The summed E-state index contributed by atoms with van der Waals surface area (Å²) in [7, 11) is 0.